The molecule has 164 valence electrons. The Bertz CT molecular complexity index is 1320. The molecule has 2 aromatic heterocycles. The van der Waals surface area contributed by atoms with Gasteiger partial charge in [0.25, 0.3) is 5.56 Å². The molecule has 0 aliphatic carbocycles. The van der Waals surface area contributed by atoms with Gasteiger partial charge in [0, 0.05) is 30.1 Å². The highest BCUT2D eigenvalue weighted by atomic mass is 32.2. The number of carbonyl (C=O) groups excluding carboxylic acids is 1. The molecule has 0 bridgehead atoms. The maximum atomic E-state index is 13.0. The number of carbonyl (C=O) groups is 1. The number of aromatic nitrogens is 2. The largest absolute Gasteiger partial charge is 0.496 e. The second-order valence-electron chi connectivity index (χ2n) is 7.12. The highest BCUT2D eigenvalue weighted by Gasteiger charge is 2.18. The number of benzene rings is 2. The Hall–Kier alpha value is -3.30. The lowest BCUT2D eigenvalue weighted by atomic mass is 10.1. The van der Waals surface area contributed by atoms with Crippen LogP contribution < -0.4 is 16.1 Å². The zero-order chi connectivity index (χ0) is 22.7. The average Bonchev–Trinajstić information content (AvgIpc) is 3.25. The summed E-state index contributed by atoms with van der Waals surface area (Å²) in [5.41, 5.74) is 2.34. The Morgan fingerprint density at radius 2 is 1.91 bits per heavy atom. The molecule has 1 amide bonds. The van der Waals surface area contributed by atoms with E-state index in [0.29, 0.717) is 21.9 Å². The van der Waals surface area contributed by atoms with Gasteiger partial charge in [-0.05, 0) is 11.6 Å². The molecule has 9 heteroatoms. The van der Waals surface area contributed by atoms with Gasteiger partial charge in [-0.15, -0.1) is 11.3 Å². The fourth-order valence-corrected chi connectivity index (χ4v) is 5.18. The number of rotatable bonds is 7. The lowest BCUT2D eigenvalue weighted by Gasteiger charge is -2.18. The first-order chi connectivity index (χ1) is 15.5. The summed E-state index contributed by atoms with van der Waals surface area (Å²) in [4.78, 5) is 32.4. The van der Waals surface area contributed by atoms with Crippen molar-refractivity contribution in [1.29, 1.82) is 0 Å². The predicted molar refractivity (Wildman–Crippen MR) is 130 cm³/mol. The van der Waals surface area contributed by atoms with Crippen molar-refractivity contribution in [3.63, 3.8) is 0 Å². The summed E-state index contributed by atoms with van der Waals surface area (Å²) in [6, 6.07) is 17.2. The molecular weight excluding hydrogens is 444 g/mol. The number of nitrogen functional groups attached to an aromatic ring is 1. The monoisotopic (exact) mass is 466 g/mol. The normalized spacial score (nSPS) is 10.9. The van der Waals surface area contributed by atoms with Gasteiger partial charge in [0.15, 0.2) is 5.16 Å². The van der Waals surface area contributed by atoms with Crippen LogP contribution in [0.4, 0.5) is 0 Å². The van der Waals surface area contributed by atoms with Crippen molar-refractivity contribution >= 4 is 39.2 Å². The summed E-state index contributed by atoms with van der Waals surface area (Å²) >= 11 is 2.54. The molecule has 2 heterocycles. The zero-order valence-corrected chi connectivity index (χ0v) is 19.3. The van der Waals surface area contributed by atoms with Gasteiger partial charge in [-0.2, -0.15) is 0 Å². The smallest absolute Gasteiger partial charge is 0.282 e. The minimum Gasteiger partial charge on any atom is -0.496 e. The molecule has 4 rings (SSSR count). The van der Waals surface area contributed by atoms with E-state index in [4.69, 9.17) is 10.6 Å². The van der Waals surface area contributed by atoms with Crippen LogP contribution in [0, 0.1) is 0 Å². The van der Waals surface area contributed by atoms with Crippen molar-refractivity contribution in [3.05, 3.63) is 75.9 Å². The molecule has 0 radical (unpaired) electrons. The molecule has 0 atom stereocenters. The third-order valence-electron chi connectivity index (χ3n) is 5.04. The maximum absolute atomic E-state index is 13.0. The van der Waals surface area contributed by atoms with Gasteiger partial charge in [0.05, 0.1) is 18.2 Å². The average molecular weight is 467 g/mol. The summed E-state index contributed by atoms with van der Waals surface area (Å²) in [6.07, 6.45) is 0. The van der Waals surface area contributed by atoms with E-state index in [1.54, 1.807) is 19.1 Å². The lowest BCUT2D eigenvalue weighted by Crippen LogP contribution is -2.31. The summed E-state index contributed by atoms with van der Waals surface area (Å²) in [6.45, 7) is 0.413. The van der Waals surface area contributed by atoms with Gasteiger partial charge in [0.1, 0.15) is 10.6 Å². The number of amides is 1. The number of thiophene rings is 1. The van der Waals surface area contributed by atoms with Crippen LogP contribution in [-0.2, 0) is 11.3 Å². The second-order valence-corrected chi connectivity index (χ2v) is 8.92. The zero-order valence-electron chi connectivity index (χ0n) is 17.6. The second kappa shape index (κ2) is 9.46. The van der Waals surface area contributed by atoms with E-state index in [1.165, 1.54) is 11.3 Å². The number of hydrogen-bond donors (Lipinski definition) is 1. The van der Waals surface area contributed by atoms with Gasteiger partial charge in [-0.1, -0.05) is 60.3 Å². The number of para-hydroxylation sites is 1. The van der Waals surface area contributed by atoms with Crippen LogP contribution in [0.15, 0.2) is 69.9 Å². The van der Waals surface area contributed by atoms with Gasteiger partial charge < -0.3 is 15.5 Å². The van der Waals surface area contributed by atoms with E-state index >= 15 is 0 Å². The van der Waals surface area contributed by atoms with E-state index in [9.17, 15) is 9.59 Å². The molecule has 0 saturated carbocycles. The number of fused-ring (bicyclic) bond motifs is 1. The number of hydrogen-bond acceptors (Lipinski definition) is 7. The fraction of sp³-hybridized carbons (Fsp3) is 0.174. The van der Waals surface area contributed by atoms with Crippen molar-refractivity contribution in [2.75, 3.05) is 25.8 Å². The van der Waals surface area contributed by atoms with Crippen LogP contribution in [0.5, 0.6) is 5.75 Å². The maximum Gasteiger partial charge on any atom is 0.282 e. The molecule has 2 aromatic carbocycles. The Morgan fingerprint density at radius 1 is 1.19 bits per heavy atom. The minimum atomic E-state index is -0.326. The molecule has 0 aliphatic rings. The first kappa shape index (κ1) is 21.9. The van der Waals surface area contributed by atoms with E-state index in [2.05, 4.69) is 4.98 Å². The molecule has 0 unspecified atom stereocenters. The minimum absolute atomic E-state index is 0.105. The topological polar surface area (TPSA) is 90.5 Å². The van der Waals surface area contributed by atoms with Crippen molar-refractivity contribution in [3.8, 4) is 16.9 Å². The number of nitrogens with zero attached hydrogens (tertiary/aromatic N) is 3. The van der Waals surface area contributed by atoms with Crippen LogP contribution in [0.25, 0.3) is 21.3 Å². The van der Waals surface area contributed by atoms with Crippen LogP contribution in [0.1, 0.15) is 5.56 Å². The van der Waals surface area contributed by atoms with Crippen molar-refractivity contribution in [2.24, 2.45) is 0 Å². The molecule has 4 aromatic rings. The highest BCUT2D eigenvalue weighted by Crippen LogP contribution is 2.31. The van der Waals surface area contributed by atoms with E-state index < -0.39 is 0 Å². The number of ether oxygens (including phenoxy) is 1. The molecule has 0 aliphatic heterocycles. The lowest BCUT2D eigenvalue weighted by molar-refractivity contribution is -0.127. The number of thioether (sulfide) groups is 1. The summed E-state index contributed by atoms with van der Waals surface area (Å²) in [5, 5.41) is 2.71. The summed E-state index contributed by atoms with van der Waals surface area (Å²) in [5.74, 6) is 6.80. The third kappa shape index (κ3) is 4.35. The van der Waals surface area contributed by atoms with Gasteiger partial charge in [-0.3, -0.25) is 9.59 Å². The molecule has 2 N–H and O–H groups in total. The third-order valence-corrected chi connectivity index (χ3v) is 6.85. The first-order valence-electron chi connectivity index (χ1n) is 9.83. The van der Waals surface area contributed by atoms with E-state index in [-0.39, 0.29) is 17.2 Å². The predicted octanol–water partition coefficient (Wildman–Crippen LogP) is 3.60. The van der Waals surface area contributed by atoms with Crippen LogP contribution in [-0.4, -0.2) is 40.4 Å². The fourth-order valence-electron chi connectivity index (χ4n) is 3.33. The van der Waals surface area contributed by atoms with Crippen molar-refractivity contribution in [2.45, 2.75) is 11.7 Å². The summed E-state index contributed by atoms with van der Waals surface area (Å²) in [7, 11) is 3.33. The first-order valence-corrected chi connectivity index (χ1v) is 11.7. The van der Waals surface area contributed by atoms with E-state index in [0.717, 1.165) is 38.9 Å². The number of methoxy groups -OCH3 is 1. The van der Waals surface area contributed by atoms with E-state index in [1.807, 2.05) is 60.0 Å². The van der Waals surface area contributed by atoms with Crippen molar-refractivity contribution < 1.29 is 9.53 Å². The SMILES string of the molecule is COc1ccccc1CN(C)C(=O)CSc1nc2scc(-c3ccccc3)c2c(=O)n1N. The Balaban J connectivity index is 1.52. The molecule has 0 saturated heterocycles. The Labute approximate surface area is 193 Å². The van der Waals surface area contributed by atoms with Crippen LogP contribution in [0.2, 0.25) is 0 Å². The molecule has 7 nitrogen and oxygen atoms in total. The van der Waals surface area contributed by atoms with Gasteiger partial charge >= 0.3 is 0 Å². The number of nitrogens with two attached hydrogens (primary N) is 1. The molecular formula is C23H22N4O3S2. The van der Waals surface area contributed by atoms with Crippen LogP contribution >= 0.6 is 23.1 Å². The highest BCUT2D eigenvalue weighted by molar-refractivity contribution is 7.99. The molecule has 0 spiro atoms. The van der Waals surface area contributed by atoms with Crippen LogP contribution in [0.3, 0.4) is 0 Å². The summed E-state index contributed by atoms with van der Waals surface area (Å²) < 4.78 is 6.38. The van der Waals surface area contributed by atoms with Gasteiger partial charge in [0.2, 0.25) is 5.91 Å². The van der Waals surface area contributed by atoms with Crippen molar-refractivity contribution in [1.82, 2.24) is 14.6 Å². The quantitative estimate of drug-likeness (QED) is 0.254. The Morgan fingerprint density at radius 3 is 2.66 bits per heavy atom. The van der Waals surface area contributed by atoms with Gasteiger partial charge in [-0.25, -0.2) is 9.66 Å². The molecule has 0 fully saturated rings. The Kier molecular flexibility index (Phi) is 6.48. The standard InChI is InChI=1S/C23H22N4O3S2/c1-26(12-16-10-6-7-11-18(16)30-2)19(28)14-32-23-25-21-20(22(29)27(23)24)17(13-31-21)15-8-4-3-5-9-15/h3-11,13H,12,14,24H2,1-2H3. The molecule has 32 heavy (non-hydrogen) atoms.